The lowest BCUT2D eigenvalue weighted by atomic mass is 9.88. The minimum Gasteiger partial charge on any atom is -0.263 e. The minimum absolute atomic E-state index is 0.215. The van der Waals surface area contributed by atoms with Gasteiger partial charge in [0.15, 0.2) is 0 Å². The number of thioether (sulfide) groups is 1. The molecule has 1 nitrogen and oxygen atoms in total. The largest absolute Gasteiger partial charge is 0.263 e. The monoisotopic (exact) mass is 207 g/mol. The van der Waals surface area contributed by atoms with Crippen molar-refractivity contribution in [3.05, 3.63) is 24.0 Å². The van der Waals surface area contributed by atoms with Crippen LogP contribution in [-0.2, 0) is 5.41 Å². The summed E-state index contributed by atoms with van der Waals surface area (Å²) in [5.41, 5.74) is 1.55. The second-order valence-electron chi connectivity index (χ2n) is 4.98. The molecular weight excluding hydrogens is 190 g/mol. The molecule has 1 fully saturated rings. The van der Waals surface area contributed by atoms with Crippen LogP contribution in [0.1, 0.15) is 39.2 Å². The van der Waals surface area contributed by atoms with Gasteiger partial charge in [0.2, 0.25) is 0 Å². The summed E-state index contributed by atoms with van der Waals surface area (Å²) < 4.78 is 0. The van der Waals surface area contributed by atoms with Crippen LogP contribution in [-0.4, -0.2) is 10.2 Å². The lowest BCUT2D eigenvalue weighted by Crippen LogP contribution is -2.11. The molecule has 2 heteroatoms. The Labute approximate surface area is 90.3 Å². The number of rotatable bonds is 2. The molecule has 0 amide bonds. The molecule has 0 unspecified atom stereocenters. The van der Waals surface area contributed by atoms with Crippen LogP contribution in [0.2, 0.25) is 0 Å². The third kappa shape index (κ3) is 2.50. The van der Waals surface area contributed by atoms with Crippen molar-refractivity contribution in [1.29, 1.82) is 0 Å². The Morgan fingerprint density at radius 3 is 2.57 bits per heavy atom. The smallest absolute Gasteiger partial charge is 0.0404 e. The molecule has 0 atom stereocenters. The third-order valence-electron chi connectivity index (χ3n) is 2.41. The highest BCUT2D eigenvalue weighted by molar-refractivity contribution is 8.00. The Bertz CT molecular complexity index is 323. The lowest BCUT2D eigenvalue weighted by Gasteiger charge is -2.18. The van der Waals surface area contributed by atoms with Crippen molar-refractivity contribution >= 4 is 11.8 Å². The normalized spacial score (nSPS) is 17.1. The first-order valence-corrected chi connectivity index (χ1v) is 6.06. The van der Waals surface area contributed by atoms with E-state index in [4.69, 9.17) is 0 Å². The van der Waals surface area contributed by atoms with Gasteiger partial charge >= 0.3 is 0 Å². The number of hydrogen-bond donors (Lipinski definition) is 0. The van der Waals surface area contributed by atoms with E-state index in [1.807, 2.05) is 24.2 Å². The van der Waals surface area contributed by atoms with Gasteiger partial charge in [0.25, 0.3) is 0 Å². The number of pyridine rings is 1. The van der Waals surface area contributed by atoms with E-state index >= 15 is 0 Å². The maximum Gasteiger partial charge on any atom is 0.0404 e. The first kappa shape index (κ1) is 10.0. The molecule has 14 heavy (non-hydrogen) atoms. The van der Waals surface area contributed by atoms with Gasteiger partial charge in [0.05, 0.1) is 0 Å². The minimum atomic E-state index is 0.215. The molecule has 2 rings (SSSR count). The van der Waals surface area contributed by atoms with Crippen LogP contribution in [0.3, 0.4) is 0 Å². The SMILES string of the molecule is CC(C)(C)c1cncc(SC2CC2)c1. The summed E-state index contributed by atoms with van der Waals surface area (Å²) in [7, 11) is 0. The van der Waals surface area contributed by atoms with Gasteiger partial charge in [-0.3, -0.25) is 4.98 Å². The van der Waals surface area contributed by atoms with Gasteiger partial charge in [-0.25, -0.2) is 0 Å². The van der Waals surface area contributed by atoms with Crippen molar-refractivity contribution in [2.24, 2.45) is 0 Å². The Morgan fingerprint density at radius 1 is 1.29 bits per heavy atom. The zero-order valence-electron chi connectivity index (χ0n) is 9.08. The second kappa shape index (κ2) is 3.58. The summed E-state index contributed by atoms with van der Waals surface area (Å²) in [6, 6.07) is 2.29. The summed E-state index contributed by atoms with van der Waals surface area (Å²) in [5, 5.41) is 0.868. The van der Waals surface area contributed by atoms with Crippen molar-refractivity contribution in [2.45, 2.75) is 49.2 Å². The van der Waals surface area contributed by atoms with Gasteiger partial charge < -0.3 is 0 Å². The molecule has 0 spiro atoms. The molecule has 1 aliphatic carbocycles. The maximum absolute atomic E-state index is 4.31. The van der Waals surface area contributed by atoms with Crippen LogP contribution in [0, 0.1) is 0 Å². The average molecular weight is 207 g/mol. The van der Waals surface area contributed by atoms with E-state index in [0.29, 0.717) is 0 Å². The molecule has 1 aromatic heterocycles. The van der Waals surface area contributed by atoms with Crippen molar-refractivity contribution in [3.63, 3.8) is 0 Å². The molecule has 1 saturated carbocycles. The number of aromatic nitrogens is 1. The fraction of sp³-hybridized carbons (Fsp3) is 0.583. The number of nitrogens with zero attached hydrogens (tertiary/aromatic N) is 1. The number of hydrogen-bond acceptors (Lipinski definition) is 2. The van der Waals surface area contributed by atoms with Gasteiger partial charge in [-0.1, -0.05) is 20.8 Å². The average Bonchev–Trinajstić information content (AvgIpc) is 2.87. The van der Waals surface area contributed by atoms with E-state index in [-0.39, 0.29) is 5.41 Å². The summed E-state index contributed by atoms with van der Waals surface area (Å²) in [5.74, 6) is 0. The van der Waals surface area contributed by atoms with E-state index < -0.39 is 0 Å². The van der Waals surface area contributed by atoms with Gasteiger partial charge in [-0.05, 0) is 29.9 Å². The predicted octanol–water partition coefficient (Wildman–Crippen LogP) is 3.63. The molecule has 0 radical (unpaired) electrons. The van der Waals surface area contributed by atoms with Crippen molar-refractivity contribution in [1.82, 2.24) is 4.98 Å². The van der Waals surface area contributed by atoms with E-state index in [1.165, 1.54) is 23.3 Å². The van der Waals surface area contributed by atoms with Gasteiger partial charge in [-0.2, -0.15) is 0 Å². The molecule has 0 aliphatic heterocycles. The van der Waals surface area contributed by atoms with Crippen LogP contribution >= 0.6 is 11.8 Å². The highest BCUT2D eigenvalue weighted by Gasteiger charge is 2.23. The highest BCUT2D eigenvalue weighted by Crippen LogP contribution is 2.39. The molecule has 76 valence electrons. The fourth-order valence-corrected chi connectivity index (χ4v) is 2.35. The molecule has 1 heterocycles. The van der Waals surface area contributed by atoms with Gasteiger partial charge in [0, 0.05) is 22.5 Å². The van der Waals surface area contributed by atoms with E-state index in [1.54, 1.807) is 0 Å². The van der Waals surface area contributed by atoms with E-state index in [0.717, 1.165) is 5.25 Å². The van der Waals surface area contributed by atoms with Gasteiger partial charge in [-0.15, -0.1) is 11.8 Å². The second-order valence-corrected chi connectivity index (χ2v) is 6.35. The van der Waals surface area contributed by atoms with Crippen LogP contribution in [0.25, 0.3) is 0 Å². The molecule has 0 saturated heterocycles. The summed E-state index contributed by atoms with van der Waals surface area (Å²) in [4.78, 5) is 5.64. The highest BCUT2D eigenvalue weighted by atomic mass is 32.2. The van der Waals surface area contributed by atoms with E-state index in [9.17, 15) is 0 Å². The molecular formula is C12H17NS. The summed E-state index contributed by atoms with van der Waals surface area (Å²) >= 11 is 1.98. The Hall–Kier alpha value is -0.500. The Morgan fingerprint density at radius 2 is 2.00 bits per heavy atom. The summed E-state index contributed by atoms with van der Waals surface area (Å²) in [6.07, 6.45) is 6.73. The molecule has 0 N–H and O–H groups in total. The van der Waals surface area contributed by atoms with Crippen molar-refractivity contribution in [2.75, 3.05) is 0 Å². The quantitative estimate of drug-likeness (QED) is 0.734. The molecule has 0 bridgehead atoms. The van der Waals surface area contributed by atoms with Crippen LogP contribution in [0.15, 0.2) is 23.4 Å². The maximum atomic E-state index is 4.31. The zero-order valence-corrected chi connectivity index (χ0v) is 9.90. The molecule has 0 aromatic carbocycles. The predicted molar refractivity (Wildman–Crippen MR) is 61.8 cm³/mol. The van der Waals surface area contributed by atoms with Crippen LogP contribution < -0.4 is 0 Å². The molecule has 1 aliphatic rings. The first-order valence-electron chi connectivity index (χ1n) is 5.18. The van der Waals surface area contributed by atoms with Crippen molar-refractivity contribution in [3.8, 4) is 0 Å². The summed E-state index contributed by atoms with van der Waals surface area (Å²) in [6.45, 7) is 6.70. The molecule has 1 aromatic rings. The van der Waals surface area contributed by atoms with Gasteiger partial charge in [0.1, 0.15) is 0 Å². The first-order chi connectivity index (χ1) is 6.55. The Balaban J connectivity index is 2.17. The Kier molecular flexibility index (Phi) is 2.56. The fourth-order valence-electron chi connectivity index (χ4n) is 1.27. The van der Waals surface area contributed by atoms with E-state index in [2.05, 4.69) is 31.8 Å². The van der Waals surface area contributed by atoms with Crippen LogP contribution in [0.5, 0.6) is 0 Å². The zero-order chi connectivity index (χ0) is 10.2. The van der Waals surface area contributed by atoms with Crippen LogP contribution in [0.4, 0.5) is 0 Å². The third-order valence-corrected chi connectivity index (χ3v) is 3.71. The topological polar surface area (TPSA) is 12.9 Å². The van der Waals surface area contributed by atoms with Crippen molar-refractivity contribution < 1.29 is 0 Å². The lowest BCUT2D eigenvalue weighted by molar-refractivity contribution is 0.585. The standard InChI is InChI=1S/C12H17NS/c1-12(2,3)9-6-11(8-13-7-9)14-10-4-5-10/h6-8,10H,4-5H2,1-3H3.